The number of piperidine rings is 1. The number of unbranched alkanes of at least 4 members (excludes halogenated alkanes) is 1. The number of nitrogens with zero attached hydrogens (tertiary/aromatic N) is 4. The summed E-state index contributed by atoms with van der Waals surface area (Å²) in [6.07, 6.45) is 4.66. The van der Waals surface area contributed by atoms with Crippen LogP contribution >= 0.6 is 0 Å². The van der Waals surface area contributed by atoms with Crippen molar-refractivity contribution in [1.29, 1.82) is 0 Å². The Bertz CT molecular complexity index is 574. The van der Waals surface area contributed by atoms with Crippen LogP contribution in [0.3, 0.4) is 0 Å². The molecular formula is C18H31N5O2. The van der Waals surface area contributed by atoms with Crippen LogP contribution in [0.15, 0.2) is 6.07 Å². The van der Waals surface area contributed by atoms with Gasteiger partial charge in [-0.3, -0.25) is 9.58 Å². The molecule has 1 unspecified atom stereocenters. The van der Waals surface area contributed by atoms with Crippen molar-refractivity contribution in [1.82, 2.24) is 24.9 Å². The highest BCUT2D eigenvalue weighted by Crippen LogP contribution is 2.15. The number of ether oxygens (including phenoxy) is 1. The van der Waals surface area contributed by atoms with E-state index in [4.69, 9.17) is 4.74 Å². The van der Waals surface area contributed by atoms with E-state index in [0.717, 1.165) is 51.3 Å². The Morgan fingerprint density at radius 3 is 3.08 bits per heavy atom. The summed E-state index contributed by atoms with van der Waals surface area (Å²) in [6.45, 7) is 8.31. The molecule has 0 saturated carbocycles. The summed E-state index contributed by atoms with van der Waals surface area (Å²) < 4.78 is 7.47. The smallest absolute Gasteiger partial charge is 0.317 e. The second-order valence-corrected chi connectivity index (χ2v) is 7.08. The van der Waals surface area contributed by atoms with Crippen LogP contribution in [0.5, 0.6) is 0 Å². The number of hydrogen-bond acceptors (Lipinski definition) is 4. The molecule has 1 aromatic heterocycles. The standard InChI is InChI=1S/C18H31N5O2/c1-3-4-7-21-9-10-23-16(13-21)11-15(20-23)12-19-18(24)22-8-5-6-17(14-22)25-2/h11,17H,3-10,12-14H2,1-2H3,(H,19,24). The Kier molecular flexibility index (Phi) is 6.31. The Morgan fingerprint density at radius 2 is 2.28 bits per heavy atom. The zero-order valence-corrected chi connectivity index (χ0v) is 15.5. The third kappa shape index (κ3) is 4.73. The minimum absolute atomic E-state index is 0.0164. The lowest BCUT2D eigenvalue weighted by Crippen LogP contribution is -2.47. The molecule has 140 valence electrons. The van der Waals surface area contributed by atoms with Gasteiger partial charge in [-0.05, 0) is 31.9 Å². The highest BCUT2D eigenvalue weighted by atomic mass is 16.5. The number of methoxy groups -OCH3 is 1. The first-order valence-electron chi connectivity index (χ1n) is 9.53. The van der Waals surface area contributed by atoms with E-state index in [-0.39, 0.29) is 12.1 Å². The molecule has 0 radical (unpaired) electrons. The summed E-state index contributed by atoms with van der Waals surface area (Å²) in [5.41, 5.74) is 2.20. The number of hydrogen-bond donors (Lipinski definition) is 1. The summed E-state index contributed by atoms with van der Waals surface area (Å²) in [5, 5.41) is 7.66. The largest absolute Gasteiger partial charge is 0.380 e. The Morgan fingerprint density at radius 1 is 1.40 bits per heavy atom. The van der Waals surface area contributed by atoms with E-state index in [2.05, 4.69) is 33.0 Å². The van der Waals surface area contributed by atoms with Gasteiger partial charge in [0.25, 0.3) is 0 Å². The van der Waals surface area contributed by atoms with Gasteiger partial charge in [-0.15, -0.1) is 0 Å². The van der Waals surface area contributed by atoms with E-state index in [1.54, 1.807) is 7.11 Å². The lowest BCUT2D eigenvalue weighted by molar-refractivity contribution is 0.0434. The summed E-state index contributed by atoms with van der Waals surface area (Å²) in [4.78, 5) is 16.7. The molecule has 0 bridgehead atoms. The van der Waals surface area contributed by atoms with E-state index >= 15 is 0 Å². The fourth-order valence-electron chi connectivity index (χ4n) is 3.63. The highest BCUT2D eigenvalue weighted by Gasteiger charge is 2.23. The predicted octanol–water partition coefficient (Wildman–Crippen LogP) is 1.82. The number of fused-ring (bicyclic) bond motifs is 1. The molecular weight excluding hydrogens is 318 g/mol. The number of nitrogens with one attached hydrogen (secondary N) is 1. The zero-order valence-electron chi connectivity index (χ0n) is 15.5. The molecule has 2 amide bonds. The monoisotopic (exact) mass is 349 g/mol. The first-order valence-corrected chi connectivity index (χ1v) is 9.53. The van der Waals surface area contributed by atoms with Gasteiger partial charge in [0.2, 0.25) is 0 Å². The molecule has 1 saturated heterocycles. The van der Waals surface area contributed by atoms with Crippen molar-refractivity contribution in [2.45, 2.75) is 58.3 Å². The van der Waals surface area contributed by atoms with Crippen molar-refractivity contribution in [3.63, 3.8) is 0 Å². The topological polar surface area (TPSA) is 62.6 Å². The van der Waals surface area contributed by atoms with E-state index < -0.39 is 0 Å². The molecule has 25 heavy (non-hydrogen) atoms. The number of carbonyl (C=O) groups excluding carboxylic acids is 1. The Hall–Kier alpha value is -1.60. The van der Waals surface area contributed by atoms with Crippen LogP contribution in [0.2, 0.25) is 0 Å². The fourth-order valence-corrected chi connectivity index (χ4v) is 3.63. The zero-order chi connectivity index (χ0) is 17.6. The number of rotatable bonds is 6. The first-order chi connectivity index (χ1) is 12.2. The minimum Gasteiger partial charge on any atom is -0.380 e. The van der Waals surface area contributed by atoms with Crippen molar-refractivity contribution < 1.29 is 9.53 Å². The molecule has 2 aliphatic heterocycles. The second kappa shape index (κ2) is 8.67. The second-order valence-electron chi connectivity index (χ2n) is 7.08. The van der Waals surface area contributed by atoms with Gasteiger partial charge in [-0.1, -0.05) is 13.3 Å². The average molecular weight is 349 g/mol. The summed E-state index contributed by atoms with van der Waals surface area (Å²) in [7, 11) is 1.71. The number of likely N-dealkylation sites (tertiary alicyclic amines) is 1. The minimum atomic E-state index is -0.0164. The van der Waals surface area contributed by atoms with Gasteiger partial charge in [0.05, 0.1) is 30.6 Å². The maximum Gasteiger partial charge on any atom is 0.317 e. The van der Waals surface area contributed by atoms with Crippen LogP contribution in [0.25, 0.3) is 0 Å². The highest BCUT2D eigenvalue weighted by molar-refractivity contribution is 5.74. The molecule has 1 N–H and O–H groups in total. The van der Waals surface area contributed by atoms with Gasteiger partial charge in [0.1, 0.15) is 0 Å². The lowest BCUT2D eigenvalue weighted by Gasteiger charge is -2.31. The molecule has 0 aliphatic carbocycles. The third-order valence-corrected chi connectivity index (χ3v) is 5.17. The van der Waals surface area contributed by atoms with Gasteiger partial charge in [-0.2, -0.15) is 5.10 Å². The molecule has 0 aromatic carbocycles. The maximum absolute atomic E-state index is 12.4. The average Bonchev–Trinajstić information content (AvgIpc) is 3.06. The van der Waals surface area contributed by atoms with Crippen molar-refractivity contribution in [2.24, 2.45) is 0 Å². The van der Waals surface area contributed by atoms with Gasteiger partial charge >= 0.3 is 6.03 Å². The number of carbonyl (C=O) groups is 1. The van der Waals surface area contributed by atoms with Gasteiger partial charge in [0.15, 0.2) is 0 Å². The number of aromatic nitrogens is 2. The van der Waals surface area contributed by atoms with Crippen LogP contribution in [0.4, 0.5) is 4.79 Å². The maximum atomic E-state index is 12.4. The van der Waals surface area contributed by atoms with Gasteiger partial charge in [0, 0.05) is 33.3 Å². The quantitative estimate of drug-likeness (QED) is 0.851. The van der Waals surface area contributed by atoms with Crippen LogP contribution in [0, 0.1) is 0 Å². The molecule has 0 spiro atoms. The van der Waals surface area contributed by atoms with Crippen molar-refractivity contribution in [3.05, 3.63) is 17.5 Å². The van der Waals surface area contributed by atoms with Crippen LogP contribution in [-0.4, -0.2) is 65.0 Å². The summed E-state index contributed by atoms with van der Waals surface area (Å²) >= 11 is 0. The summed E-state index contributed by atoms with van der Waals surface area (Å²) in [6, 6.07) is 2.12. The van der Waals surface area contributed by atoms with E-state index in [1.165, 1.54) is 18.5 Å². The Balaban J connectivity index is 1.49. The normalized spacial score (nSPS) is 21.2. The van der Waals surface area contributed by atoms with Crippen molar-refractivity contribution in [2.75, 3.05) is 33.3 Å². The van der Waals surface area contributed by atoms with E-state index in [1.807, 2.05) is 4.90 Å². The molecule has 2 aliphatic rings. The predicted molar refractivity (Wildman–Crippen MR) is 96.3 cm³/mol. The van der Waals surface area contributed by atoms with Crippen molar-refractivity contribution in [3.8, 4) is 0 Å². The molecule has 7 heteroatoms. The lowest BCUT2D eigenvalue weighted by atomic mass is 10.1. The molecule has 3 heterocycles. The van der Waals surface area contributed by atoms with Crippen LogP contribution < -0.4 is 5.32 Å². The molecule has 1 fully saturated rings. The molecule has 3 rings (SSSR count). The summed E-state index contributed by atoms with van der Waals surface area (Å²) in [5.74, 6) is 0. The third-order valence-electron chi connectivity index (χ3n) is 5.17. The number of urea groups is 1. The van der Waals surface area contributed by atoms with Crippen LogP contribution in [0.1, 0.15) is 44.0 Å². The van der Waals surface area contributed by atoms with Crippen LogP contribution in [-0.2, 0) is 24.4 Å². The van der Waals surface area contributed by atoms with E-state index in [9.17, 15) is 4.79 Å². The molecule has 1 atom stereocenters. The first kappa shape index (κ1) is 18.2. The SMILES string of the molecule is CCCCN1CCn2nc(CNC(=O)N3CCCC(OC)C3)cc2C1. The fraction of sp³-hybridized carbons (Fsp3) is 0.778. The Labute approximate surface area is 150 Å². The number of amides is 2. The van der Waals surface area contributed by atoms with Gasteiger partial charge < -0.3 is 15.0 Å². The molecule has 1 aromatic rings. The van der Waals surface area contributed by atoms with E-state index in [0.29, 0.717) is 13.1 Å². The molecule has 7 nitrogen and oxygen atoms in total. The van der Waals surface area contributed by atoms with Crippen molar-refractivity contribution >= 4 is 6.03 Å². The van der Waals surface area contributed by atoms with Gasteiger partial charge in [-0.25, -0.2) is 4.79 Å².